The molecule has 4 atom stereocenters. The highest BCUT2D eigenvalue weighted by Crippen LogP contribution is 2.60. The van der Waals surface area contributed by atoms with Crippen molar-refractivity contribution in [3.05, 3.63) is 29.3 Å². The van der Waals surface area contributed by atoms with Crippen molar-refractivity contribution in [1.82, 2.24) is 0 Å². The van der Waals surface area contributed by atoms with Crippen molar-refractivity contribution in [2.24, 2.45) is 22.4 Å². The normalized spacial score (nSPS) is 35.5. The number of rotatable bonds is 3. The molecule has 0 N–H and O–H groups in total. The smallest absolute Gasteiger partial charge is 0.119 e. The summed E-state index contributed by atoms with van der Waals surface area (Å²) in [6, 6.07) is 6.74. The first-order valence-corrected chi connectivity index (χ1v) is 10.0. The van der Waals surface area contributed by atoms with Crippen LogP contribution in [0.4, 0.5) is 0 Å². The third kappa shape index (κ3) is 2.58. The second kappa shape index (κ2) is 6.66. The van der Waals surface area contributed by atoms with E-state index in [-0.39, 0.29) is 5.41 Å². The van der Waals surface area contributed by atoms with Gasteiger partial charge in [-0.25, -0.2) is 0 Å². The summed E-state index contributed by atoms with van der Waals surface area (Å²) < 4.78 is 5.52. The van der Waals surface area contributed by atoms with Crippen LogP contribution >= 0.6 is 0 Å². The SMILES string of the molecule is CC[C@]12CC[C@@H]3c4cc(OC)ccc4CC[C@H]3[C@@H]1CCC/C2=N\OC. The maximum absolute atomic E-state index is 5.52. The lowest BCUT2D eigenvalue weighted by molar-refractivity contribution is 0.0428. The van der Waals surface area contributed by atoms with Crippen LogP contribution in [0.25, 0.3) is 0 Å². The van der Waals surface area contributed by atoms with Crippen molar-refractivity contribution in [2.45, 2.75) is 64.2 Å². The van der Waals surface area contributed by atoms with Crippen molar-refractivity contribution >= 4 is 5.71 Å². The van der Waals surface area contributed by atoms with Crippen LogP contribution in [-0.4, -0.2) is 19.9 Å². The fourth-order valence-corrected chi connectivity index (χ4v) is 6.36. The van der Waals surface area contributed by atoms with Crippen LogP contribution in [0, 0.1) is 17.3 Å². The zero-order chi connectivity index (χ0) is 17.4. The van der Waals surface area contributed by atoms with E-state index >= 15 is 0 Å². The van der Waals surface area contributed by atoms with Crippen LogP contribution in [0.5, 0.6) is 5.75 Å². The molecule has 0 radical (unpaired) electrons. The fraction of sp³-hybridized carbons (Fsp3) is 0.682. The van der Waals surface area contributed by atoms with Gasteiger partial charge in [0.15, 0.2) is 0 Å². The third-order valence-electron chi connectivity index (χ3n) is 7.48. The molecule has 0 bridgehead atoms. The average molecular weight is 341 g/mol. The molecule has 0 saturated heterocycles. The summed E-state index contributed by atoms with van der Waals surface area (Å²) in [5, 5.41) is 4.52. The summed E-state index contributed by atoms with van der Waals surface area (Å²) in [5.41, 5.74) is 4.75. The van der Waals surface area contributed by atoms with Gasteiger partial charge in [0.1, 0.15) is 12.9 Å². The molecule has 2 fully saturated rings. The van der Waals surface area contributed by atoms with E-state index in [1.54, 1.807) is 25.3 Å². The van der Waals surface area contributed by atoms with Gasteiger partial charge in [0, 0.05) is 5.41 Å². The van der Waals surface area contributed by atoms with Gasteiger partial charge in [0.05, 0.1) is 12.8 Å². The standard InChI is InChI=1S/C22H31NO2/c1-4-22-13-12-17-18(20(22)6-5-7-21(22)23-25-3)11-9-15-8-10-16(24-2)14-19(15)17/h8,10,14,17-18,20H,4-7,9,11-13H2,1-3H3/b23-21+/t17-,18+,20-,22-/m0/s1. The minimum Gasteiger partial charge on any atom is -0.497 e. The van der Waals surface area contributed by atoms with Crippen molar-refractivity contribution in [3.63, 3.8) is 0 Å². The Kier molecular flexibility index (Phi) is 4.51. The van der Waals surface area contributed by atoms with Crippen LogP contribution < -0.4 is 4.74 Å². The van der Waals surface area contributed by atoms with Gasteiger partial charge in [-0.05, 0) is 92.4 Å². The van der Waals surface area contributed by atoms with Crippen molar-refractivity contribution < 1.29 is 9.57 Å². The Bertz CT molecular complexity index is 668. The first kappa shape index (κ1) is 16.9. The largest absolute Gasteiger partial charge is 0.497 e. The van der Waals surface area contributed by atoms with E-state index in [4.69, 9.17) is 9.57 Å². The molecule has 0 amide bonds. The quantitative estimate of drug-likeness (QED) is 0.695. The number of fused-ring (bicyclic) bond motifs is 5. The highest BCUT2D eigenvalue weighted by Gasteiger charge is 2.53. The van der Waals surface area contributed by atoms with Gasteiger partial charge in [-0.1, -0.05) is 18.1 Å². The molecule has 0 aromatic heterocycles. The van der Waals surface area contributed by atoms with Gasteiger partial charge in [0.25, 0.3) is 0 Å². The number of benzene rings is 1. The first-order chi connectivity index (χ1) is 12.2. The van der Waals surface area contributed by atoms with Gasteiger partial charge < -0.3 is 9.57 Å². The number of methoxy groups -OCH3 is 1. The van der Waals surface area contributed by atoms with Crippen LogP contribution in [0.3, 0.4) is 0 Å². The molecular weight excluding hydrogens is 310 g/mol. The molecule has 1 aromatic rings. The van der Waals surface area contributed by atoms with E-state index in [0.717, 1.165) is 24.0 Å². The number of hydrogen-bond donors (Lipinski definition) is 0. The molecule has 0 spiro atoms. The second-order valence-corrected chi connectivity index (χ2v) is 8.14. The summed E-state index contributed by atoms with van der Waals surface area (Å²) in [6.07, 6.45) is 10.0. The Hall–Kier alpha value is -1.51. The summed E-state index contributed by atoms with van der Waals surface area (Å²) in [7, 11) is 3.48. The lowest BCUT2D eigenvalue weighted by Crippen LogP contribution is -2.50. The number of oxime groups is 1. The molecule has 3 heteroatoms. The number of aryl methyl sites for hydroxylation is 1. The number of ether oxygens (including phenoxy) is 1. The molecule has 3 aliphatic carbocycles. The second-order valence-electron chi connectivity index (χ2n) is 8.14. The Morgan fingerprint density at radius 3 is 2.80 bits per heavy atom. The molecule has 0 unspecified atom stereocenters. The maximum Gasteiger partial charge on any atom is 0.119 e. The number of nitrogens with zero attached hydrogens (tertiary/aromatic N) is 1. The summed E-state index contributed by atoms with van der Waals surface area (Å²) in [4.78, 5) is 5.25. The number of hydrogen-bond acceptors (Lipinski definition) is 3. The molecule has 0 aliphatic heterocycles. The molecule has 0 heterocycles. The van der Waals surface area contributed by atoms with Gasteiger partial charge in [-0.3, -0.25) is 0 Å². The molecule has 2 saturated carbocycles. The highest BCUT2D eigenvalue weighted by atomic mass is 16.6. The van der Waals surface area contributed by atoms with Crippen LogP contribution in [0.2, 0.25) is 0 Å². The van der Waals surface area contributed by atoms with E-state index in [9.17, 15) is 0 Å². The topological polar surface area (TPSA) is 30.8 Å². The highest BCUT2D eigenvalue weighted by molar-refractivity contribution is 5.91. The zero-order valence-corrected chi connectivity index (χ0v) is 15.9. The molecule has 25 heavy (non-hydrogen) atoms. The summed E-state index contributed by atoms with van der Waals surface area (Å²) >= 11 is 0. The van der Waals surface area contributed by atoms with E-state index < -0.39 is 0 Å². The van der Waals surface area contributed by atoms with Crippen LogP contribution in [-0.2, 0) is 11.3 Å². The summed E-state index contributed by atoms with van der Waals surface area (Å²) in [5.74, 6) is 3.26. The molecule has 3 nitrogen and oxygen atoms in total. The molecular formula is C22H31NO2. The Labute approximate surface area is 151 Å². The molecule has 3 aliphatic rings. The van der Waals surface area contributed by atoms with E-state index in [2.05, 4.69) is 30.3 Å². The van der Waals surface area contributed by atoms with Gasteiger partial charge in [-0.15, -0.1) is 0 Å². The average Bonchev–Trinajstić information content (AvgIpc) is 2.67. The third-order valence-corrected chi connectivity index (χ3v) is 7.48. The van der Waals surface area contributed by atoms with Crippen molar-refractivity contribution in [1.29, 1.82) is 0 Å². The van der Waals surface area contributed by atoms with Crippen LogP contribution in [0.15, 0.2) is 23.4 Å². The minimum atomic E-state index is 0.284. The Morgan fingerprint density at radius 2 is 2.04 bits per heavy atom. The monoisotopic (exact) mass is 341 g/mol. The van der Waals surface area contributed by atoms with Crippen molar-refractivity contribution in [2.75, 3.05) is 14.2 Å². The predicted octanol–water partition coefficient (Wildman–Crippen LogP) is 5.33. The fourth-order valence-electron chi connectivity index (χ4n) is 6.36. The van der Waals surface area contributed by atoms with E-state index in [0.29, 0.717) is 5.92 Å². The minimum absolute atomic E-state index is 0.284. The lowest BCUT2D eigenvalue weighted by atomic mass is 9.49. The Morgan fingerprint density at radius 1 is 1.16 bits per heavy atom. The molecule has 1 aromatic carbocycles. The maximum atomic E-state index is 5.52. The first-order valence-electron chi connectivity index (χ1n) is 10.0. The van der Waals surface area contributed by atoms with Gasteiger partial charge in [0.2, 0.25) is 0 Å². The zero-order valence-electron chi connectivity index (χ0n) is 15.9. The summed E-state index contributed by atoms with van der Waals surface area (Å²) in [6.45, 7) is 2.36. The van der Waals surface area contributed by atoms with Crippen molar-refractivity contribution in [3.8, 4) is 5.75 Å². The molecule has 136 valence electrons. The van der Waals surface area contributed by atoms with E-state index in [1.165, 1.54) is 50.7 Å². The van der Waals surface area contributed by atoms with Gasteiger partial charge >= 0.3 is 0 Å². The lowest BCUT2D eigenvalue weighted by Gasteiger charge is -2.55. The van der Waals surface area contributed by atoms with Crippen LogP contribution in [0.1, 0.15) is 68.9 Å². The Balaban J connectivity index is 1.71. The molecule has 4 rings (SSSR count). The van der Waals surface area contributed by atoms with Gasteiger partial charge in [-0.2, -0.15) is 0 Å². The predicted molar refractivity (Wildman–Crippen MR) is 101 cm³/mol. The van der Waals surface area contributed by atoms with E-state index in [1.807, 2.05) is 0 Å².